The van der Waals surface area contributed by atoms with Crippen molar-refractivity contribution in [3.8, 4) is 17.6 Å². The average molecular weight is 463 g/mol. The highest BCUT2D eigenvalue weighted by molar-refractivity contribution is 6.10. The number of carbonyl (C=O) groups excluding carboxylic acids is 4. The van der Waals surface area contributed by atoms with Crippen molar-refractivity contribution in [1.82, 2.24) is 15.5 Å². The first-order valence-electron chi connectivity index (χ1n) is 9.85. The lowest BCUT2D eigenvalue weighted by atomic mass is 9.98. The maximum Gasteiger partial charge on any atom is 0.323 e. The summed E-state index contributed by atoms with van der Waals surface area (Å²) in [6.07, 6.45) is 0. The molecule has 2 aromatic carbocycles. The molecule has 1 atom stereocenters. The molecular formula is C22H17N5O7. The van der Waals surface area contributed by atoms with E-state index in [2.05, 4.69) is 22.5 Å². The Hall–Kier alpha value is -4.92. The van der Waals surface area contributed by atoms with Gasteiger partial charge < -0.3 is 20.7 Å². The van der Waals surface area contributed by atoms with Gasteiger partial charge in [-0.2, -0.15) is 0 Å². The fraction of sp³-hybridized carbons (Fsp3) is 0.182. The van der Waals surface area contributed by atoms with Crippen LogP contribution in [0, 0.1) is 22.0 Å². The highest BCUT2D eigenvalue weighted by Gasteiger charge is 2.48. The smallest absolute Gasteiger partial charge is 0.323 e. The molecule has 0 unspecified atom stereocenters. The highest BCUT2D eigenvalue weighted by Crippen LogP contribution is 2.28. The molecule has 2 heterocycles. The first-order valence-corrected chi connectivity index (χ1v) is 9.85. The van der Waals surface area contributed by atoms with Gasteiger partial charge >= 0.3 is 6.03 Å². The number of urea groups is 1. The molecule has 0 aliphatic carbocycles. The van der Waals surface area contributed by atoms with Crippen LogP contribution in [0.4, 0.5) is 10.5 Å². The summed E-state index contributed by atoms with van der Waals surface area (Å²) in [5, 5.41) is 15.9. The van der Waals surface area contributed by atoms with Gasteiger partial charge in [0, 0.05) is 23.7 Å². The Kier molecular flexibility index (Phi) is 5.38. The maximum absolute atomic E-state index is 12.9. The summed E-state index contributed by atoms with van der Waals surface area (Å²) in [5.74, 6) is 3.66. The molecule has 12 nitrogen and oxygen atoms in total. The third-order valence-corrected chi connectivity index (χ3v) is 5.45. The second kappa shape index (κ2) is 8.21. The van der Waals surface area contributed by atoms with E-state index in [1.807, 2.05) is 0 Å². The van der Waals surface area contributed by atoms with E-state index in [1.165, 1.54) is 18.1 Å². The van der Waals surface area contributed by atoms with Crippen molar-refractivity contribution < 1.29 is 28.8 Å². The summed E-state index contributed by atoms with van der Waals surface area (Å²) in [6.45, 7) is -0.0849. The van der Waals surface area contributed by atoms with E-state index in [0.29, 0.717) is 11.3 Å². The largest absolute Gasteiger partial charge is 0.497 e. The normalized spacial score (nSPS) is 18.5. The number of rotatable bonds is 5. The quantitative estimate of drug-likeness (QED) is 0.247. The van der Waals surface area contributed by atoms with Crippen molar-refractivity contribution in [2.45, 2.75) is 12.1 Å². The number of methoxy groups -OCH3 is 1. The number of ether oxygens (including phenoxy) is 1. The van der Waals surface area contributed by atoms with Crippen LogP contribution in [0.2, 0.25) is 0 Å². The number of nitrogens with zero attached hydrogens (tertiary/aromatic N) is 2. The highest BCUT2D eigenvalue weighted by atomic mass is 16.6. The molecule has 2 aliphatic heterocycles. The Labute approximate surface area is 192 Å². The van der Waals surface area contributed by atoms with Gasteiger partial charge in [0.25, 0.3) is 23.4 Å². The molecule has 1 saturated heterocycles. The van der Waals surface area contributed by atoms with Gasteiger partial charge in [-0.25, -0.2) is 4.79 Å². The fourth-order valence-corrected chi connectivity index (χ4v) is 3.76. The second-order valence-electron chi connectivity index (χ2n) is 7.60. The third-order valence-electron chi connectivity index (χ3n) is 5.45. The minimum absolute atomic E-state index is 0.103. The summed E-state index contributed by atoms with van der Waals surface area (Å²) in [6, 6.07) is 7.75. The zero-order chi connectivity index (χ0) is 24.6. The lowest BCUT2D eigenvalue weighted by molar-refractivity contribution is -0.385. The average Bonchev–Trinajstić information content (AvgIpc) is 3.26. The van der Waals surface area contributed by atoms with Crippen LogP contribution in [-0.2, 0) is 11.3 Å². The number of amides is 5. The van der Waals surface area contributed by atoms with Gasteiger partial charge in [0.15, 0.2) is 0 Å². The van der Waals surface area contributed by atoms with E-state index < -0.39 is 34.0 Å². The minimum atomic E-state index is -1.80. The van der Waals surface area contributed by atoms with E-state index >= 15 is 0 Å². The van der Waals surface area contributed by atoms with Crippen LogP contribution in [0.1, 0.15) is 31.8 Å². The zero-order valence-corrected chi connectivity index (χ0v) is 17.7. The Morgan fingerprint density at radius 1 is 1.26 bits per heavy atom. The van der Waals surface area contributed by atoms with Crippen molar-refractivity contribution in [3.63, 3.8) is 0 Å². The van der Waals surface area contributed by atoms with Gasteiger partial charge in [-0.1, -0.05) is 17.9 Å². The molecular weight excluding hydrogens is 446 g/mol. The van der Waals surface area contributed by atoms with Gasteiger partial charge in [-0.3, -0.25) is 29.8 Å². The standard InChI is InChI=1S/C22H17N5O7/c1-34-14-4-3-13-10-26(19(29)16(13)9-14)11-22(20(30)24-21(31)25-22)7-6-12-2-5-15(18(23)28)17(8-12)27(32)33/h2-5,8-9H,10-11H2,1H3,(H2,23,28)(H2,24,25,30,31)/t22-/m1/s1. The van der Waals surface area contributed by atoms with Crippen LogP contribution in [0.15, 0.2) is 36.4 Å². The van der Waals surface area contributed by atoms with Crippen LogP contribution in [0.3, 0.4) is 0 Å². The van der Waals surface area contributed by atoms with Gasteiger partial charge in [0.2, 0.25) is 5.54 Å². The lowest BCUT2D eigenvalue weighted by Crippen LogP contribution is -2.54. The van der Waals surface area contributed by atoms with E-state index in [4.69, 9.17) is 10.5 Å². The van der Waals surface area contributed by atoms with Crippen molar-refractivity contribution in [2.24, 2.45) is 5.73 Å². The van der Waals surface area contributed by atoms with Crippen molar-refractivity contribution in [2.75, 3.05) is 13.7 Å². The summed E-state index contributed by atoms with van der Waals surface area (Å²) < 4.78 is 5.15. The van der Waals surface area contributed by atoms with Crippen LogP contribution >= 0.6 is 0 Å². The van der Waals surface area contributed by atoms with Crippen LogP contribution in [-0.4, -0.2) is 52.8 Å². The maximum atomic E-state index is 12.9. The zero-order valence-electron chi connectivity index (χ0n) is 17.7. The Bertz CT molecular complexity index is 1340. The molecule has 0 aromatic heterocycles. The number of hydrogen-bond donors (Lipinski definition) is 3. The molecule has 172 valence electrons. The first kappa shape index (κ1) is 22.3. The monoisotopic (exact) mass is 463 g/mol. The number of hydrogen-bond acceptors (Lipinski definition) is 7. The van der Waals surface area contributed by atoms with Gasteiger partial charge in [0.05, 0.1) is 18.6 Å². The molecule has 0 saturated carbocycles. The number of benzene rings is 2. The number of imide groups is 1. The molecule has 4 rings (SSSR count). The second-order valence-corrected chi connectivity index (χ2v) is 7.60. The van der Waals surface area contributed by atoms with Crippen LogP contribution in [0.5, 0.6) is 5.75 Å². The van der Waals surface area contributed by atoms with E-state index in [0.717, 1.165) is 17.7 Å². The van der Waals surface area contributed by atoms with Crippen molar-refractivity contribution >= 4 is 29.4 Å². The van der Waals surface area contributed by atoms with Crippen molar-refractivity contribution in [1.29, 1.82) is 0 Å². The Morgan fingerprint density at radius 3 is 2.65 bits per heavy atom. The third kappa shape index (κ3) is 3.86. The van der Waals surface area contributed by atoms with Gasteiger partial charge in [-0.15, -0.1) is 0 Å². The predicted molar refractivity (Wildman–Crippen MR) is 116 cm³/mol. The van der Waals surface area contributed by atoms with Crippen molar-refractivity contribution in [3.05, 3.63) is 68.8 Å². The molecule has 4 N–H and O–H groups in total. The summed E-state index contributed by atoms with van der Waals surface area (Å²) in [7, 11) is 1.47. The van der Waals surface area contributed by atoms with E-state index in [9.17, 15) is 29.3 Å². The first-order chi connectivity index (χ1) is 16.1. The number of nitrogens with one attached hydrogen (secondary N) is 2. The summed E-state index contributed by atoms with van der Waals surface area (Å²) in [4.78, 5) is 60.9. The molecule has 12 heteroatoms. The molecule has 34 heavy (non-hydrogen) atoms. The molecule has 0 spiro atoms. The number of nitro groups is 1. The lowest BCUT2D eigenvalue weighted by Gasteiger charge is -2.26. The van der Waals surface area contributed by atoms with E-state index in [1.54, 1.807) is 18.2 Å². The topological polar surface area (TPSA) is 174 Å². The SMILES string of the molecule is COc1ccc2c(c1)C(=O)N(C[C@@]1(C#Cc3ccc(C(N)=O)c([N+](=O)[O-])c3)NC(=O)NC1=O)C2. The molecule has 5 amide bonds. The predicted octanol–water partition coefficient (Wildman–Crippen LogP) is 0.288. The molecule has 0 bridgehead atoms. The van der Waals surface area contributed by atoms with E-state index in [-0.39, 0.29) is 30.1 Å². The number of primary amides is 1. The molecule has 0 radical (unpaired) electrons. The number of fused-ring (bicyclic) bond motifs is 1. The molecule has 2 aliphatic rings. The number of carbonyl (C=O) groups is 4. The fourth-order valence-electron chi connectivity index (χ4n) is 3.76. The van der Waals surface area contributed by atoms with Crippen LogP contribution in [0.25, 0.3) is 0 Å². The number of nitro benzene ring substituents is 1. The molecule has 1 fully saturated rings. The van der Waals surface area contributed by atoms with Gasteiger partial charge in [0.1, 0.15) is 11.3 Å². The Morgan fingerprint density at radius 2 is 2.03 bits per heavy atom. The van der Waals surface area contributed by atoms with Crippen LogP contribution < -0.4 is 21.1 Å². The molecule has 2 aromatic rings. The summed E-state index contributed by atoms with van der Waals surface area (Å²) >= 11 is 0. The Balaban J connectivity index is 1.68. The van der Waals surface area contributed by atoms with Gasteiger partial charge in [-0.05, 0) is 29.8 Å². The minimum Gasteiger partial charge on any atom is -0.497 e. The summed E-state index contributed by atoms with van der Waals surface area (Å²) in [5.41, 5.74) is 3.75. The number of nitrogens with two attached hydrogens (primary N) is 1.